The standard InChI is InChI=1S/C20H28BN3O4S/c1-13(2)11-29(26,27)24-8-5-19(6-9-24)12-20(14(19)3)17-15-4-7-22-18(15)23-10-16(17)21(25)28-20/h4,7,10,13-14,25H,5-6,8-9,11-12H2,1-3H3,(H,22,23). The maximum absolute atomic E-state index is 12.6. The fourth-order valence-corrected chi connectivity index (χ4v) is 7.78. The summed E-state index contributed by atoms with van der Waals surface area (Å²) in [6.07, 6.45) is 6.07. The largest absolute Gasteiger partial charge is 0.493 e. The maximum Gasteiger partial charge on any atom is 0.493 e. The van der Waals surface area contributed by atoms with Crippen molar-refractivity contribution in [1.29, 1.82) is 0 Å². The SMILES string of the molecule is CC(C)CS(=O)(=O)N1CCC2(CC1)CC1(OB(O)c3cnc4[nH]ccc4c31)C2C. The van der Waals surface area contributed by atoms with Crippen LogP contribution in [0.2, 0.25) is 0 Å². The van der Waals surface area contributed by atoms with Crippen LogP contribution < -0.4 is 5.46 Å². The highest BCUT2D eigenvalue weighted by Gasteiger charge is 2.67. The molecular weight excluding hydrogens is 389 g/mol. The highest BCUT2D eigenvalue weighted by molar-refractivity contribution is 7.89. The van der Waals surface area contributed by atoms with Crippen molar-refractivity contribution in [3.05, 3.63) is 24.0 Å². The first-order chi connectivity index (χ1) is 13.7. The zero-order chi connectivity index (χ0) is 20.6. The van der Waals surface area contributed by atoms with Crippen LogP contribution in [0.25, 0.3) is 11.0 Å². The van der Waals surface area contributed by atoms with Gasteiger partial charge >= 0.3 is 7.12 Å². The van der Waals surface area contributed by atoms with E-state index >= 15 is 0 Å². The summed E-state index contributed by atoms with van der Waals surface area (Å²) in [5.74, 6) is 0.533. The first-order valence-electron chi connectivity index (χ1n) is 10.5. The quantitative estimate of drug-likeness (QED) is 0.740. The van der Waals surface area contributed by atoms with Crippen LogP contribution >= 0.6 is 0 Å². The Morgan fingerprint density at radius 1 is 1.41 bits per heavy atom. The van der Waals surface area contributed by atoms with Gasteiger partial charge in [-0.1, -0.05) is 20.8 Å². The number of rotatable bonds is 3. The lowest BCUT2D eigenvalue weighted by atomic mass is 9.47. The summed E-state index contributed by atoms with van der Waals surface area (Å²) in [6, 6.07) is 2.00. The molecule has 2 unspecified atom stereocenters. The van der Waals surface area contributed by atoms with Gasteiger partial charge in [-0.2, -0.15) is 0 Å². The number of nitrogens with one attached hydrogen (secondary N) is 1. The lowest BCUT2D eigenvalue weighted by molar-refractivity contribution is -0.192. The summed E-state index contributed by atoms with van der Waals surface area (Å²) in [5, 5.41) is 11.6. The minimum absolute atomic E-state index is 0.0527. The van der Waals surface area contributed by atoms with E-state index in [9.17, 15) is 13.4 Å². The third-order valence-corrected chi connectivity index (χ3v) is 9.76. The number of fused-ring (bicyclic) bond motifs is 4. The number of aromatic amines is 1. The Hall–Kier alpha value is -1.42. The topological polar surface area (TPSA) is 95.5 Å². The maximum atomic E-state index is 12.6. The average molecular weight is 417 g/mol. The molecule has 1 saturated heterocycles. The van der Waals surface area contributed by atoms with Crippen LogP contribution in [0.1, 0.15) is 45.6 Å². The normalized spacial score (nSPS) is 29.1. The Kier molecular flexibility index (Phi) is 4.24. The summed E-state index contributed by atoms with van der Waals surface area (Å²) in [6.45, 7) is 7.22. The number of hydrogen-bond donors (Lipinski definition) is 2. The van der Waals surface area contributed by atoms with Gasteiger partial charge in [-0.15, -0.1) is 0 Å². The summed E-state index contributed by atoms with van der Waals surface area (Å²) >= 11 is 0. The molecule has 2 fully saturated rings. The summed E-state index contributed by atoms with van der Waals surface area (Å²) in [7, 11) is -4.15. The average Bonchev–Trinajstić information content (AvgIpc) is 3.24. The van der Waals surface area contributed by atoms with Crippen LogP contribution in [0.15, 0.2) is 18.5 Å². The third-order valence-electron chi connectivity index (χ3n) is 7.52. The molecule has 1 saturated carbocycles. The van der Waals surface area contributed by atoms with Crippen LogP contribution in [0.3, 0.4) is 0 Å². The molecule has 2 aliphatic heterocycles. The Balaban J connectivity index is 1.41. The number of H-pyrrole nitrogens is 1. The van der Waals surface area contributed by atoms with Gasteiger partial charge in [0, 0.05) is 36.3 Å². The van der Waals surface area contributed by atoms with Gasteiger partial charge in [-0.25, -0.2) is 17.7 Å². The predicted molar refractivity (Wildman–Crippen MR) is 112 cm³/mol. The number of pyridine rings is 1. The second kappa shape index (κ2) is 6.29. The number of aromatic nitrogens is 2. The molecule has 9 heteroatoms. The monoisotopic (exact) mass is 417 g/mol. The number of sulfonamides is 1. The van der Waals surface area contributed by atoms with E-state index in [1.165, 1.54) is 0 Å². The van der Waals surface area contributed by atoms with Crippen LogP contribution in [0.5, 0.6) is 0 Å². The summed E-state index contributed by atoms with van der Waals surface area (Å²) < 4.78 is 33.1. The van der Waals surface area contributed by atoms with Gasteiger partial charge in [0.25, 0.3) is 0 Å². The van der Waals surface area contributed by atoms with E-state index in [-0.39, 0.29) is 23.0 Å². The van der Waals surface area contributed by atoms with E-state index in [0.29, 0.717) is 13.1 Å². The molecule has 0 radical (unpaired) electrons. The molecule has 0 aromatic carbocycles. The smallest absolute Gasteiger partial charge is 0.423 e. The van der Waals surface area contributed by atoms with Crippen LogP contribution in [0, 0.1) is 17.3 Å². The van der Waals surface area contributed by atoms with E-state index in [1.807, 2.05) is 26.1 Å². The zero-order valence-corrected chi connectivity index (χ0v) is 18.0. The van der Waals surface area contributed by atoms with Gasteiger partial charge in [0.05, 0.1) is 11.4 Å². The minimum Gasteiger partial charge on any atom is -0.423 e. The van der Waals surface area contributed by atoms with Gasteiger partial charge in [0.15, 0.2) is 0 Å². The van der Waals surface area contributed by atoms with Crippen molar-refractivity contribution < 1.29 is 18.1 Å². The molecule has 3 aliphatic rings. The fraction of sp³-hybridized carbons (Fsp3) is 0.650. The third kappa shape index (κ3) is 2.67. The molecule has 29 heavy (non-hydrogen) atoms. The van der Waals surface area contributed by atoms with Gasteiger partial charge in [0.2, 0.25) is 10.0 Å². The van der Waals surface area contributed by atoms with Crippen molar-refractivity contribution in [3.8, 4) is 0 Å². The molecule has 7 nitrogen and oxygen atoms in total. The first kappa shape index (κ1) is 19.5. The molecule has 0 amide bonds. The Bertz CT molecular complexity index is 1060. The molecule has 2 atom stereocenters. The van der Waals surface area contributed by atoms with Crippen molar-refractivity contribution >= 4 is 33.6 Å². The predicted octanol–water partition coefficient (Wildman–Crippen LogP) is 1.58. The molecule has 2 aromatic heterocycles. The van der Waals surface area contributed by atoms with Crippen LogP contribution in [0.4, 0.5) is 0 Å². The van der Waals surface area contributed by atoms with Gasteiger partial charge < -0.3 is 14.7 Å². The number of hydrogen-bond acceptors (Lipinski definition) is 5. The van der Waals surface area contributed by atoms with Crippen molar-refractivity contribution in [2.75, 3.05) is 18.8 Å². The summed E-state index contributed by atoms with van der Waals surface area (Å²) in [4.78, 5) is 7.56. The zero-order valence-electron chi connectivity index (χ0n) is 17.2. The van der Waals surface area contributed by atoms with Gasteiger partial charge in [-0.3, -0.25) is 0 Å². The molecule has 1 aliphatic carbocycles. The highest BCUT2D eigenvalue weighted by Crippen LogP contribution is 2.66. The van der Waals surface area contributed by atoms with Gasteiger partial charge in [-0.05, 0) is 48.1 Å². The molecule has 5 rings (SSSR count). The van der Waals surface area contributed by atoms with Crippen molar-refractivity contribution in [2.45, 2.75) is 45.6 Å². The molecule has 156 valence electrons. The number of piperidine rings is 1. The second-order valence-electron chi connectivity index (χ2n) is 9.52. The minimum atomic E-state index is -3.19. The van der Waals surface area contributed by atoms with E-state index in [2.05, 4.69) is 16.9 Å². The van der Waals surface area contributed by atoms with E-state index in [0.717, 1.165) is 41.3 Å². The Morgan fingerprint density at radius 3 is 2.79 bits per heavy atom. The van der Waals surface area contributed by atoms with E-state index in [4.69, 9.17) is 4.65 Å². The molecule has 2 N–H and O–H groups in total. The lowest BCUT2D eigenvalue weighted by Gasteiger charge is -2.63. The lowest BCUT2D eigenvalue weighted by Crippen LogP contribution is -2.62. The van der Waals surface area contributed by atoms with E-state index < -0.39 is 22.7 Å². The van der Waals surface area contributed by atoms with E-state index in [1.54, 1.807) is 10.5 Å². The number of nitrogens with zero attached hydrogens (tertiary/aromatic N) is 2. The first-order valence-corrected chi connectivity index (χ1v) is 12.1. The molecule has 2 spiro atoms. The molecule has 4 heterocycles. The molecule has 0 bridgehead atoms. The van der Waals surface area contributed by atoms with Crippen LogP contribution in [-0.2, 0) is 20.3 Å². The fourth-order valence-electron chi connectivity index (χ4n) is 5.99. The second-order valence-corrected chi connectivity index (χ2v) is 11.5. The molecular formula is C20H28BN3O4S. The highest BCUT2D eigenvalue weighted by atomic mass is 32.2. The van der Waals surface area contributed by atoms with Gasteiger partial charge in [0.1, 0.15) is 5.65 Å². The van der Waals surface area contributed by atoms with Crippen molar-refractivity contribution in [3.63, 3.8) is 0 Å². The van der Waals surface area contributed by atoms with Crippen molar-refractivity contribution in [1.82, 2.24) is 14.3 Å². The van der Waals surface area contributed by atoms with Crippen molar-refractivity contribution in [2.24, 2.45) is 17.3 Å². The molecule has 2 aromatic rings. The Labute approximate surface area is 172 Å². The summed E-state index contributed by atoms with van der Waals surface area (Å²) in [5.41, 5.74) is 2.16. The Morgan fingerprint density at radius 2 is 2.14 bits per heavy atom. The van der Waals surface area contributed by atoms with Crippen LogP contribution in [-0.4, -0.2) is 53.7 Å².